The zero-order valence-electron chi connectivity index (χ0n) is 13.0. The minimum absolute atomic E-state index is 0.0324. The molecule has 2 N–H and O–H groups in total. The topological polar surface area (TPSA) is 67.8 Å². The van der Waals surface area contributed by atoms with E-state index in [1.54, 1.807) is 32.4 Å². The van der Waals surface area contributed by atoms with E-state index in [1.807, 2.05) is 0 Å². The molecule has 1 atom stereocenters. The Labute approximate surface area is 126 Å². The van der Waals surface area contributed by atoms with Crippen LogP contribution in [0.15, 0.2) is 18.2 Å². The second-order valence-corrected chi connectivity index (χ2v) is 4.87. The third-order valence-corrected chi connectivity index (χ3v) is 3.30. The van der Waals surface area contributed by atoms with E-state index in [0.29, 0.717) is 36.4 Å². The molecule has 1 rings (SSSR count). The number of nitrogens with one attached hydrogen (secondary N) is 1. The summed E-state index contributed by atoms with van der Waals surface area (Å²) in [5, 5.41) is 13.1. The highest BCUT2D eigenvalue weighted by Gasteiger charge is 2.15. The number of aliphatic hydroxyl groups excluding tert-OH is 1. The molecule has 0 fully saturated rings. The fourth-order valence-electron chi connectivity index (χ4n) is 2.01. The van der Waals surface area contributed by atoms with Gasteiger partial charge in [0.1, 0.15) is 11.5 Å². The summed E-state index contributed by atoms with van der Waals surface area (Å²) in [6, 6.07) is 5.25. The van der Waals surface area contributed by atoms with E-state index in [0.717, 1.165) is 12.8 Å². The number of benzene rings is 1. The number of hydrogen-bond acceptors (Lipinski definition) is 4. The maximum absolute atomic E-state index is 11.6. The van der Waals surface area contributed by atoms with Gasteiger partial charge in [-0.2, -0.15) is 0 Å². The molecule has 118 valence electrons. The third kappa shape index (κ3) is 5.63. The lowest BCUT2D eigenvalue weighted by molar-refractivity contribution is -0.121. The Bertz CT molecular complexity index is 448. The van der Waals surface area contributed by atoms with Crippen molar-refractivity contribution in [2.45, 2.75) is 38.7 Å². The average molecular weight is 295 g/mol. The van der Waals surface area contributed by atoms with Gasteiger partial charge in [0.2, 0.25) is 5.91 Å². The molecule has 1 aromatic rings. The Hall–Kier alpha value is -1.75. The van der Waals surface area contributed by atoms with Crippen molar-refractivity contribution >= 4 is 5.91 Å². The first-order valence-corrected chi connectivity index (χ1v) is 7.29. The number of amides is 1. The van der Waals surface area contributed by atoms with Crippen molar-refractivity contribution in [3.05, 3.63) is 23.8 Å². The average Bonchev–Trinajstić information content (AvgIpc) is 2.52. The molecule has 0 spiro atoms. The summed E-state index contributed by atoms with van der Waals surface area (Å²) in [6.07, 6.45) is 1.94. The highest BCUT2D eigenvalue weighted by molar-refractivity contribution is 5.75. The summed E-state index contributed by atoms with van der Waals surface area (Å²) in [7, 11) is 3.12. The van der Waals surface area contributed by atoms with Crippen LogP contribution in [0.4, 0.5) is 0 Å². The van der Waals surface area contributed by atoms with Crippen molar-refractivity contribution in [1.82, 2.24) is 5.32 Å². The second-order valence-electron chi connectivity index (χ2n) is 4.87. The molecular formula is C16H25NO4. The molecule has 0 saturated carbocycles. The molecule has 0 aliphatic heterocycles. The van der Waals surface area contributed by atoms with Gasteiger partial charge in [0.05, 0.1) is 20.3 Å². The summed E-state index contributed by atoms with van der Waals surface area (Å²) < 4.78 is 10.4. The van der Waals surface area contributed by atoms with E-state index >= 15 is 0 Å². The third-order valence-electron chi connectivity index (χ3n) is 3.30. The normalized spacial score (nSPS) is 11.8. The summed E-state index contributed by atoms with van der Waals surface area (Å²) in [5.41, 5.74) is 0.666. The van der Waals surface area contributed by atoms with Crippen LogP contribution < -0.4 is 14.8 Å². The maximum Gasteiger partial charge on any atom is 0.220 e. The SMILES string of the molecule is CCCCNC(=O)CCC(O)c1ccc(OC)cc1OC. The Morgan fingerprint density at radius 3 is 2.71 bits per heavy atom. The molecule has 5 nitrogen and oxygen atoms in total. The van der Waals surface area contributed by atoms with Crippen LogP contribution in [-0.4, -0.2) is 31.8 Å². The van der Waals surface area contributed by atoms with Crippen LogP contribution in [0.25, 0.3) is 0 Å². The zero-order chi connectivity index (χ0) is 15.7. The molecule has 1 amide bonds. The van der Waals surface area contributed by atoms with Crippen LogP contribution >= 0.6 is 0 Å². The molecule has 1 aromatic carbocycles. The monoisotopic (exact) mass is 295 g/mol. The largest absolute Gasteiger partial charge is 0.497 e. The zero-order valence-corrected chi connectivity index (χ0v) is 13.0. The van der Waals surface area contributed by atoms with Gasteiger partial charge in [-0.3, -0.25) is 4.79 Å². The fraction of sp³-hybridized carbons (Fsp3) is 0.562. The molecule has 21 heavy (non-hydrogen) atoms. The van der Waals surface area contributed by atoms with Gasteiger partial charge in [0, 0.05) is 24.6 Å². The number of aliphatic hydroxyl groups is 1. The van der Waals surface area contributed by atoms with Gasteiger partial charge >= 0.3 is 0 Å². The van der Waals surface area contributed by atoms with Crippen LogP contribution in [-0.2, 0) is 4.79 Å². The first kappa shape index (κ1) is 17.3. The summed E-state index contributed by atoms with van der Waals surface area (Å²) in [4.78, 5) is 11.6. The van der Waals surface area contributed by atoms with Crippen LogP contribution in [0, 0.1) is 0 Å². The van der Waals surface area contributed by atoms with Crippen molar-refractivity contribution in [2.75, 3.05) is 20.8 Å². The van der Waals surface area contributed by atoms with Gasteiger partial charge in [-0.05, 0) is 25.0 Å². The summed E-state index contributed by atoms with van der Waals surface area (Å²) in [5.74, 6) is 1.20. The van der Waals surface area contributed by atoms with E-state index in [2.05, 4.69) is 12.2 Å². The van der Waals surface area contributed by atoms with Gasteiger partial charge < -0.3 is 19.9 Å². The molecule has 5 heteroatoms. The molecule has 0 bridgehead atoms. The molecule has 0 aliphatic rings. The van der Waals surface area contributed by atoms with Gasteiger partial charge in [0.25, 0.3) is 0 Å². The lowest BCUT2D eigenvalue weighted by Crippen LogP contribution is -2.24. The highest BCUT2D eigenvalue weighted by atomic mass is 16.5. The fourth-order valence-corrected chi connectivity index (χ4v) is 2.01. The lowest BCUT2D eigenvalue weighted by Gasteiger charge is -2.15. The van der Waals surface area contributed by atoms with Crippen molar-refractivity contribution in [1.29, 1.82) is 0 Å². The van der Waals surface area contributed by atoms with Crippen LogP contribution in [0.1, 0.15) is 44.3 Å². The molecule has 0 saturated heterocycles. The minimum atomic E-state index is -0.734. The van der Waals surface area contributed by atoms with Gasteiger partial charge in [-0.15, -0.1) is 0 Å². The number of carbonyl (C=O) groups excluding carboxylic acids is 1. The van der Waals surface area contributed by atoms with Crippen LogP contribution in [0.2, 0.25) is 0 Å². The van der Waals surface area contributed by atoms with Crippen molar-refractivity contribution in [3.63, 3.8) is 0 Å². The van der Waals surface area contributed by atoms with Crippen molar-refractivity contribution < 1.29 is 19.4 Å². The summed E-state index contributed by atoms with van der Waals surface area (Å²) >= 11 is 0. The number of hydrogen-bond donors (Lipinski definition) is 2. The smallest absolute Gasteiger partial charge is 0.220 e. The number of ether oxygens (including phenoxy) is 2. The van der Waals surface area contributed by atoms with Crippen LogP contribution in [0.3, 0.4) is 0 Å². The maximum atomic E-state index is 11.6. The Morgan fingerprint density at radius 2 is 2.10 bits per heavy atom. The predicted octanol–water partition coefficient (Wildman–Crippen LogP) is 2.43. The molecule has 0 heterocycles. The quantitative estimate of drug-likeness (QED) is 0.687. The van der Waals surface area contributed by atoms with Crippen LogP contribution in [0.5, 0.6) is 11.5 Å². The standard InChI is InChI=1S/C16H25NO4/c1-4-5-10-17-16(19)9-8-14(18)13-7-6-12(20-2)11-15(13)21-3/h6-7,11,14,18H,4-5,8-10H2,1-3H3,(H,17,19). The first-order chi connectivity index (χ1) is 10.1. The number of rotatable bonds is 9. The lowest BCUT2D eigenvalue weighted by atomic mass is 10.0. The molecule has 0 aromatic heterocycles. The number of unbranched alkanes of at least 4 members (excludes halogenated alkanes) is 1. The molecular weight excluding hydrogens is 270 g/mol. The molecule has 0 aliphatic carbocycles. The molecule has 1 unspecified atom stereocenters. The second kappa shape index (κ2) is 9.23. The highest BCUT2D eigenvalue weighted by Crippen LogP contribution is 2.31. The number of methoxy groups -OCH3 is 2. The van der Waals surface area contributed by atoms with E-state index in [4.69, 9.17) is 9.47 Å². The Kier molecular flexibility index (Phi) is 7.61. The van der Waals surface area contributed by atoms with Gasteiger partial charge in [-0.25, -0.2) is 0 Å². The predicted molar refractivity (Wildman–Crippen MR) is 81.7 cm³/mol. The Morgan fingerprint density at radius 1 is 1.33 bits per heavy atom. The number of carbonyl (C=O) groups is 1. The van der Waals surface area contributed by atoms with Gasteiger partial charge in [0.15, 0.2) is 0 Å². The Balaban J connectivity index is 2.55. The minimum Gasteiger partial charge on any atom is -0.497 e. The summed E-state index contributed by atoms with van der Waals surface area (Å²) in [6.45, 7) is 2.77. The van der Waals surface area contributed by atoms with E-state index in [9.17, 15) is 9.90 Å². The van der Waals surface area contributed by atoms with E-state index in [1.165, 1.54) is 0 Å². The van der Waals surface area contributed by atoms with Crippen molar-refractivity contribution in [3.8, 4) is 11.5 Å². The first-order valence-electron chi connectivity index (χ1n) is 7.29. The van der Waals surface area contributed by atoms with E-state index in [-0.39, 0.29) is 5.91 Å². The van der Waals surface area contributed by atoms with E-state index < -0.39 is 6.10 Å². The molecule has 0 radical (unpaired) electrons. The van der Waals surface area contributed by atoms with Gasteiger partial charge in [-0.1, -0.05) is 13.3 Å². The van der Waals surface area contributed by atoms with Crippen molar-refractivity contribution in [2.24, 2.45) is 0 Å².